The molecule has 0 aliphatic rings. The quantitative estimate of drug-likeness (QED) is 0.409. The van der Waals surface area contributed by atoms with Crippen LogP contribution in [0, 0.1) is 0 Å². The minimum absolute atomic E-state index is 0.115. The van der Waals surface area contributed by atoms with Gasteiger partial charge in [-0.25, -0.2) is 4.98 Å². The normalized spacial score (nSPS) is 10.8. The first-order valence-corrected chi connectivity index (χ1v) is 10.9. The zero-order chi connectivity index (χ0) is 20.1. The lowest BCUT2D eigenvalue weighted by molar-refractivity contribution is -0.118. The smallest absolute Gasteiger partial charge is 0.261 e. The third-order valence-corrected chi connectivity index (χ3v) is 6.18. The molecule has 146 valence electrons. The summed E-state index contributed by atoms with van der Waals surface area (Å²) in [5, 5.41) is 10.1. The SMILES string of the molecule is O=C(CSc1ncccc1-c1nc(-c2cccs2)no1)NCc1ccccc1Cl. The minimum Gasteiger partial charge on any atom is -0.351 e. The molecule has 0 saturated heterocycles. The molecule has 0 spiro atoms. The van der Waals surface area contributed by atoms with Crippen LogP contribution in [0.5, 0.6) is 0 Å². The van der Waals surface area contributed by atoms with Gasteiger partial charge < -0.3 is 9.84 Å². The monoisotopic (exact) mass is 442 g/mol. The maximum absolute atomic E-state index is 12.3. The van der Waals surface area contributed by atoms with E-state index in [4.69, 9.17) is 16.1 Å². The highest BCUT2D eigenvalue weighted by Gasteiger charge is 2.16. The number of pyridine rings is 1. The molecule has 0 atom stereocenters. The highest BCUT2D eigenvalue weighted by Crippen LogP contribution is 2.30. The first-order valence-electron chi connectivity index (χ1n) is 8.66. The summed E-state index contributed by atoms with van der Waals surface area (Å²) in [6, 6.07) is 14.9. The lowest BCUT2D eigenvalue weighted by Crippen LogP contribution is -2.24. The number of hydrogen-bond donors (Lipinski definition) is 1. The number of amides is 1. The van der Waals surface area contributed by atoms with Crippen LogP contribution in [0.15, 0.2) is 69.7 Å². The molecule has 9 heteroatoms. The number of nitrogens with zero attached hydrogens (tertiary/aromatic N) is 3. The predicted octanol–water partition coefficient (Wildman–Crippen LogP) is 4.92. The molecule has 6 nitrogen and oxygen atoms in total. The molecule has 0 bridgehead atoms. The van der Waals surface area contributed by atoms with Gasteiger partial charge in [0.25, 0.3) is 5.89 Å². The second-order valence-corrected chi connectivity index (χ2v) is 8.23. The van der Waals surface area contributed by atoms with Gasteiger partial charge in [-0.05, 0) is 35.2 Å². The Hall–Kier alpha value is -2.68. The number of nitrogens with one attached hydrogen (secondary N) is 1. The van der Waals surface area contributed by atoms with Crippen molar-refractivity contribution in [2.75, 3.05) is 5.75 Å². The van der Waals surface area contributed by atoms with Gasteiger partial charge in [0.2, 0.25) is 11.7 Å². The van der Waals surface area contributed by atoms with Crippen molar-refractivity contribution in [2.24, 2.45) is 0 Å². The summed E-state index contributed by atoms with van der Waals surface area (Å²) in [5.41, 5.74) is 1.57. The summed E-state index contributed by atoms with van der Waals surface area (Å²) in [6.07, 6.45) is 1.67. The van der Waals surface area contributed by atoms with Crippen LogP contribution in [0.25, 0.3) is 22.2 Å². The van der Waals surface area contributed by atoms with Crippen LogP contribution < -0.4 is 5.32 Å². The fourth-order valence-electron chi connectivity index (χ4n) is 2.53. The van der Waals surface area contributed by atoms with Crippen molar-refractivity contribution in [3.05, 3.63) is 70.7 Å². The van der Waals surface area contributed by atoms with E-state index < -0.39 is 0 Å². The summed E-state index contributed by atoms with van der Waals surface area (Å²) >= 11 is 8.97. The van der Waals surface area contributed by atoms with Crippen molar-refractivity contribution in [1.82, 2.24) is 20.4 Å². The molecule has 1 amide bonds. The number of carbonyl (C=O) groups excluding carboxylic acids is 1. The fraction of sp³-hybridized carbons (Fsp3) is 0.100. The molecule has 1 N–H and O–H groups in total. The van der Waals surface area contributed by atoms with E-state index in [2.05, 4.69) is 20.4 Å². The number of halogens is 1. The van der Waals surface area contributed by atoms with Gasteiger partial charge >= 0.3 is 0 Å². The van der Waals surface area contributed by atoms with Crippen molar-refractivity contribution in [3.8, 4) is 22.2 Å². The zero-order valence-corrected chi connectivity index (χ0v) is 17.4. The van der Waals surface area contributed by atoms with Gasteiger partial charge in [-0.3, -0.25) is 4.79 Å². The largest absolute Gasteiger partial charge is 0.351 e. The van der Waals surface area contributed by atoms with E-state index in [9.17, 15) is 4.79 Å². The molecule has 0 fully saturated rings. The van der Waals surface area contributed by atoms with E-state index in [0.717, 1.165) is 10.4 Å². The lowest BCUT2D eigenvalue weighted by atomic mass is 10.2. The second kappa shape index (κ2) is 9.21. The van der Waals surface area contributed by atoms with Crippen LogP contribution in [0.3, 0.4) is 0 Å². The lowest BCUT2D eigenvalue weighted by Gasteiger charge is -2.07. The minimum atomic E-state index is -0.115. The van der Waals surface area contributed by atoms with E-state index in [0.29, 0.717) is 33.9 Å². The maximum Gasteiger partial charge on any atom is 0.261 e. The highest BCUT2D eigenvalue weighted by molar-refractivity contribution is 8.00. The van der Waals surface area contributed by atoms with E-state index in [1.54, 1.807) is 18.3 Å². The Morgan fingerprint density at radius 1 is 1.17 bits per heavy atom. The van der Waals surface area contributed by atoms with Crippen molar-refractivity contribution in [2.45, 2.75) is 11.6 Å². The van der Waals surface area contributed by atoms with E-state index >= 15 is 0 Å². The van der Waals surface area contributed by atoms with Gasteiger partial charge in [-0.15, -0.1) is 11.3 Å². The summed E-state index contributed by atoms with van der Waals surface area (Å²) < 4.78 is 5.42. The van der Waals surface area contributed by atoms with Crippen LogP contribution in [-0.2, 0) is 11.3 Å². The standard InChI is InChI=1S/C20H15ClN4O2S2/c21-15-7-2-1-5-13(15)11-23-17(26)12-29-20-14(6-3-9-22-20)19-24-18(25-27-19)16-8-4-10-28-16/h1-10H,11-12H2,(H,23,26). The number of aromatic nitrogens is 3. The fourth-order valence-corrected chi connectivity index (χ4v) is 4.20. The Balaban J connectivity index is 1.41. The number of hydrogen-bond acceptors (Lipinski definition) is 7. The average Bonchev–Trinajstić information content (AvgIpc) is 3.43. The number of benzene rings is 1. The van der Waals surface area contributed by atoms with Crippen LogP contribution >= 0.6 is 34.7 Å². The molecule has 0 aliphatic carbocycles. The Morgan fingerprint density at radius 2 is 2.07 bits per heavy atom. The van der Waals surface area contributed by atoms with E-state index in [1.165, 1.54) is 23.1 Å². The maximum atomic E-state index is 12.3. The molecule has 0 radical (unpaired) electrons. The number of rotatable bonds is 7. The average molecular weight is 443 g/mol. The van der Waals surface area contributed by atoms with Crippen molar-refractivity contribution in [1.29, 1.82) is 0 Å². The molecule has 4 aromatic rings. The third kappa shape index (κ3) is 4.84. The van der Waals surface area contributed by atoms with Gasteiger partial charge in [-0.1, -0.05) is 52.8 Å². The molecule has 3 heterocycles. The Labute approximate surface area is 180 Å². The molecular weight excluding hydrogens is 428 g/mol. The van der Waals surface area contributed by atoms with Gasteiger partial charge in [0.15, 0.2) is 0 Å². The Bertz CT molecular complexity index is 1120. The summed E-state index contributed by atoms with van der Waals surface area (Å²) in [4.78, 5) is 22.0. The molecule has 0 unspecified atom stereocenters. The van der Waals surface area contributed by atoms with Gasteiger partial charge in [-0.2, -0.15) is 4.98 Å². The first kappa shape index (κ1) is 19.6. The predicted molar refractivity (Wildman–Crippen MR) is 115 cm³/mol. The van der Waals surface area contributed by atoms with E-state index in [1.807, 2.05) is 41.8 Å². The van der Waals surface area contributed by atoms with Gasteiger partial charge in [0, 0.05) is 17.8 Å². The Kier molecular flexibility index (Phi) is 6.24. The van der Waals surface area contributed by atoms with E-state index in [-0.39, 0.29) is 11.7 Å². The number of carbonyl (C=O) groups is 1. The second-order valence-electron chi connectivity index (χ2n) is 5.91. The highest BCUT2D eigenvalue weighted by atomic mass is 35.5. The van der Waals surface area contributed by atoms with Crippen LogP contribution in [0.2, 0.25) is 5.02 Å². The molecule has 3 aromatic heterocycles. The van der Waals surface area contributed by atoms with Crippen molar-refractivity contribution >= 4 is 40.6 Å². The van der Waals surface area contributed by atoms with Crippen molar-refractivity contribution < 1.29 is 9.32 Å². The summed E-state index contributed by atoms with van der Waals surface area (Å²) in [7, 11) is 0. The molecule has 29 heavy (non-hydrogen) atoms. The Morgan fingerprint density at radius 3 is 2.90 bits per heavy atom. The molecule has 0 saturated carbocycles. The summed E-state index contributed by atoms with van der Waals surface area (Å²) in [6.45, 7) is 0.377. The topological polar surface area (TPSA) is 80.9 Å². The third-order valence-electron chi connectivity index (χ3n) is 3.94. The molecule has 4 rings (SSSR count). The zero-order valence-electron chi connectivity index (χ0n) is 15.0. The van der Waals surface area contributed by atoms with Crippen LogP contribution in [0.1, 0.15) is 5.56 Å². The molecule has 0 aliphatic heterocycles. The van der Waals surface area contributed by atoms with Gasteiger partial charge in [0.1, 0.15) is 5.03 Å². The van der Waals surface area contributed by atoms with Gasteiger partial charge in [0.05, 0.1) is 16.2 Å². The molecule has 1 aromatic carbocycles. The number of thioether (sulfide) groups is 1. The van der Waals surface area contributed by atoms with Crippen LogP contribution in [-0.4, -0.2) is 26.8 Å². The summed E-state index contributed by atoms with van der Waals surface area (Å²) in [5.74, 6) is 1.00. The van der Waals surface area contributed by atoms with Crippen molar-refractivity contribution in [3.63, 3.8) is 0 Å². The first-order chi connectivity index (χ1) is 14.2. The van der Waals surface area contributed by atoms with Crippen LogP contribution in [0.4, 0.5) is 0 Å². The molecular formula is C20H15ClN4O2S2. The number of thiophene rings is 1.